The van der Waals surface area contributed by atoms with Gasteiger partial charge in [0.1, 0.15) is 12.3 Å². The molecule has 1 N–H and O–H groups in total. The van der Waals surface area contributed by atoms with Gasteiger partial charge in [-0.1, -0.05) is 46.7 Å². The first-order valence-corrected chi connectivity index (χ1v) is 17.5. The Bertz CT molecular complexity index is 1030. The third kappa shape index (κ3) is 6.49. The monoisotopic (exact) mass is 511 g/mol. The Kier molecular flexibility index (Phi) is 8.49. The highest BCUT2D eigenvalue weighted by atomic mass is 28.4. The van der Waals surface area contributed by atoms with Crippen LogP contribution in [0.15, 0.2) is 20.9 Å². The first-order chi connectivity index (χ1) is 15.4. The van der Waals surface area contributed by atoms with Gasteiger partial charge in [0.15, 0.2) is 16.6 Å². The predicted molar refractivity (Wildman–Crippen MR) is 138 cm³/mol. The Hall–Kier alpha value is -1.70. The summed E-state index contributed by atoms with van der Waals surface area (Å²) in [6.07, 6.45) is 0.631. The minimum absolute atomic E-state index is 0.00716. The third-order valence-electron chi connectivity index (χ3n) is 7.50. The average molecular weight is 512 g/mol. The van der Waals surface area contributed by atoms with Crippen molar-refractivity contribution in [1.82, 2.24) is 9.55 Å². The number of aromatic amines is 1. The van der Waals surface area contributed by atoms with Crippen LogP contribution in [0.2, 0.25) is 36.3 Å². The number of rotatable bonds is 8. The van der Waals surface area contributed by atoms with Gasteiger partial charge in [-0.25, -0.2) is 4.79 Å². The van der Waals surface area contributed by atoms with Gasteiger partial charge in [0.25, 0.3) is 5.56 Å². The zero-order valence-electron chi connectivity index (χ0n) is 22.3. The second-order valence-electron chi connectivity index (χ2n) is 12.1. The molecule has 192 valence electrons. The largest absolute Gasteiger partial charge is 0.414 e. The molecule has 1 saturated heterocycles. The van der Waals surface area contributed by atoms with E-state index in [1.54, 1.807) is 0 Å². The molecular weight excluding hydrogens is 470 g/mol. The quantitative estimate of drug-likeness (QED) is 0.226. The van der Waals surface area contributed by atoms with E-state index >= 15 is 0 Å². The van der Waals surface area contributed by atoms with Crippen molar-refractivity contribution in [2.24, 2.45) is 5.11 Å². The Balaban J connectivity index is 2.38. The standard InChI is InChI=1S/C22H41N5O5Si2/c1-21(2,3)33(7,8)30-14-17-16(32-34(9,10)22(4,5)6)11-18(31-17)27-13-15(12-24-26-23)19(28)25-20(27)29/h13,16-18H,11-12,14H2,1-10H3,(H,25,28,29)/t16-,17+,18+/m0/s1. The molecule has 0 aliphatic carbocycles. The minimum atomic E-state index is -2.13. The zero-order valence-corrected chi connectivity index (χ0v) is 24.3. The molecule has 1 fully saturated rings. The smallest absolute Gasteiger partial charge is 0.330 e. The molecule has 12 heteroatoms. The van der Waals surface area contributed by atoms with Crippen molar-refractivity contribution in [2.75, 3.05) is 6.61 Å². The van der Waals surface area contributed by atoms with Gasteiger partial charge in [-0.3, -0.25) is 14.3 Å². The summed E-state index contributed by atoms with van der Waals surface area (Å²) in [7, 11) is -4.16. The fraction of sp³-hybridized carbons (Fsp3) is 0.818. The van der Waals surface area contributed by atoms with E-state index in [0.29, 0.717) is 13.0 Å². The first-order valence-electron chi connectivity index (χ1n) is 11.7. The average Bonchev–Trinajstić information content (AvgIpc) is 3.05. The van der Waals surface area contributed by atoms with Crippen molar-refractivity contribution in [3.05, 3.63) is 43.0 Å². The van der Waals surface area contributed by atoms with Crippen LogP contribution in [0.3, 0.4) is 0 Å². The fourth-order valence-corrected chi connectivity index (χ4v) is 5.54. The molecule has 0 amide bonds. The third-order valence-corrected chi connectivity index (χ3v) is 16.5. The molecule has 10 nitrogen and oxygen atoms in total. The summed E-state index contributed by atoms with van der Waals surface area (Å²) in [6.45, 7) is 22.1. The molecule has 1 aromatic heterocycles. The van der Waals surface area contributed by atoms with Crippen LogP contribution < -0.4 is 11.2 Å². The van der Waals surface area contributed by atoms with Crippen molar-refractivity contribution in [2.45, 2.75) is 109 Å². The molecule has 2 rings (SSSR count). The van der Waals surface area contributed by atoms with E-state index in [-0.39, 0.29) is 34.4 Å². The summed E-state index contributed by atoms with van der Waals surface area (Å²) < 4.78 is 20.9. The van der Waals surface area contributed by atoms with Gasteiger partial charge in [-0.15, -0.1) is 0 Å². The van der Waals surface area contributed by atoms with Crippen LogP contribution in [-0.2, 0) is 20.1 Å². The van der Waals surface area contributed by atoms with Crippen LogP contribution in [0.25, 0.3) is 10.4 Å². The molecule has 1 aromatic rings. The van der Waals surface area contributed by atoms with Crippen LogP contribution in [0.1, 0.15) is 59.8 Å². The lowest BCUT2D eigenvalue weighted by molar-refractivity contribution is -0.0413. The molecule has 0 unspecified atom stereocenters. The second kappa shape index (κ2) is 10.1. The maximum absolute atomic E-state index is 12.6. The summed E-state index contributed by atoms with van der Waals surface area (Å²) in [5.74, 6) is 0. The van der Waals surface area contributed by atoms with Crippen LogP contribution >= 0.6 is 0 Å². The van der Waals surface area contributed by atoms with E-state index in [1.807, 2.05) is 0 Å². The topological polar surface area (TPSA) is 131 Å². The molecule has 2 heterocycles. The lowest BCUT2D eigenvalue weighted by Gasteiger charge is -2.40. The number of H-pyrrole nitrogens is 1. The van der Waals surface area contributed by atoms with Crippen LogP contribution in [0.5, 0.6) is 0 Å². The minimum Gasteiger partial charge on any atom is -0.414 e. The molecular formula is C22H41N5O5Si2. The molecule has 0 aromatic carbocycles. The summed E-state index contributed by atoms with van der Waals surface area (Å²) >= 11 is 0. The van der Waals surface area contributed by atoms with E-state index in [0.717, 1.165) is 0 Å². The van der Waals surface area contributed by atoms with Gasteiger partial charge in [-0.2, -0.15) is 0 Å². The summed E-state index contributed by atoms with van der Waals surface area (Å²) in [4.78, 5) is 29.8. The Labute approximate surface area is 203 Å². The van der Waals surface area contributed by atoms with Crippen molar-refractivity contribution in [3.63, 3.8) is 0 Å². The first kappa shape index (κ1) is 28.5. The number of azide groups is 1. The van der Waals surface area contributed by atoms with E-state index in [4.69, 9.17) is 19.1 Å². The van der Waals surface area contributed by atoms with E-state index in [2.05, 4.69) is 82.7 Å². The molecule has 0 radical (unpaired) electrons. The van der Waals surface area contributed by atoms with Gasteiger partial charge in [-0.05, 0) is 41.8 Å². The molecule has 34 heavy (non-hydrogen) atoms. The second-order valence-corrected chi connectivity index (χ2v) is 21.6. The van der Waals surface area contributed by atoms with E-state index in [9.17, 15) is 9.59 Å². The van der Waals surface area contributed by atoms with Crippen molar-refractivity contribution >= 4 is 16.6 Å². The van der Waals surface area contributed by atoms with Crippen LogP contribution in [-0.4, -0.2) is 45.0 Å². The lowest BCUT2D eigenvalue weighted by Crippen LogP contribution is -2.48. The van der Waals surface area contributed by atoms with Crippen molar-refractivity contribution < 1.29 is 13.6 Å². The van der Waals surface area contributed by atoms with Crippen LogP contribution in [0.4, 0.5) is 0 Å². The van der Waals surface area contributed by atoms with E-state index in [1.165, 1.54) is 10.8 Å². The van der Waals surface area contributed by atoms with Crippen LogP contribution in [0, 0.1) is 0 Å². The molecule has 3 atom stereocenters. The highest BCUT2D eigenvalue weighted by Gasteiger charge is 2.46. The number of aromatic nitrogens is 2. The van der Waals surface area contributed by atoms with Gasteiger partial charge in [0, 0.05) is 23.1 Å². The Morgan fingerprint density at radius 3 is 2.26 bits per heavy atom. The molecule has 0 spiro atoms. The number of hydrogen-bond donors (Lipinski definition) is 1. The Morgan fingerprint density at radius 2 is 1.74 bits per heavy atom. The molecule has 0 saturated carbocycles. The molecule has 0 bridgehead atoms. The molecule has 1 aliphatic heterocycles. The maximum atomic E-state index is 12.6. The maximum Gasteiger partial charge on any atom is 0.330 e. The van der Waals surface area contributed by atoms with Gasteiger partial charge in [0.05, 0.1) is 19.3 Å². The predicted octanol–water partition coefficient (Wildman–Crippen LogP) is 5.05. The van der Waals surface area contributed by atoms with Gasteiger partial charge < -0.3 is 13.6 Å². The Morgan fingerprint density at radius 1 is 1.15 bits per heavy atom. The summed E-state index contributed by atoms with van der Waals surface area (Å²) in [5.41, 5.74) is 7.66. The van der Waals surface area contributed by atoms with Gasteiger partial charge in [0.2, 0.25) is 0 Å². The number of hydrogen-bond acceptors (Lipinski definition) is 6. The highest BCUT2D eigenvalue weighted by molar-refractivity contribution is 6.74. The normalized spacial score (nSPS) is 22.0. The van der Waals surface area contributed by atoms with Crippen molar-refractivity contribution in [1.29, 1.82) is 0 Å². The number of nitrogens with zero attached hydrogens (tertiary/aromatic N) is 4. The summed E-state index contributed by atoms with van der Waals surface area (Å²) in [6, 6.07) is 0. The summed E-state index contributed by atoms with van der Waals surface area (Å²) in [5, 5.41) is 3.51. The lowest BCUT2D eigenvalue weighted by atomic mass is 10.2. The SMILES string of the molecule is CC(C)(C)[Si](C)(C)OC[C@H]1O[C@@H](n2cc(CN=[N+]=[N-])c(=O)[nH]c2=O)C[C@@H]1O[Si](C)(C)C(C)(C)C. The number of ether oxygens (including phenoxy) is 1. The number of nitrogens with one attached hydrogen (secondary N) is 1. The zero-order chi connectivity index (χ0) is 26.1. The van der Waals surface area contributed by atoms with Gasteiger partial charge >= 0.3 is 5.69 Å². The highest BCUT2D eigenvalue weighted by Crippen LogP contribution is 2.42. The van der Waals surface area contributed by atoms with E-state index < -0.39 is 34.1 Å². The molecule has 1 aliphatic rings. The van der Waals surface area contributed by atoms with Crippen molar-refractivity contribution in [3.8, 4) is 0 Å². The fourth-order valence-electron chi connectivity index (χ4n) is 3.17.